The van der Waals surface area contributed by atoms with E-state index in [9.17, 15) is 4.79 Å². The first kappa shape index (κ1) is 20.8. The van der Waals surface area contributed by atoms with Crippen molar-refractivity contribution in [3.63, 3.8) is 0 Å². The van der Waals surface area contributed by atoms with E-state index in [0.717, 1.165) is 9.13 Å². The third kappa shape index (κ3) is 5.10. The second-order valence-corrected chi connectivity index (χ2v) is 7.82. The number of methoxy groups -OCH3 is 1. The summed E-state index contributed by atoms with van der Waals surface area (Å²) in [4.78, 5) is 12.7. The Bertz CT molecular complexity index is 996. The number of hydrogen-bond donors (Lipinski definition) is 1. The van der Waals surface area contributed by atoms with Crippen molar-refractivity contribution in [3.05, 3.63) is 85.4 Å². The maximum atomic E-state index is 12.7. The molecule has 1 N–H and O–H groups in total. The van der Waals surface area contributed by atoms with Gasteiger partial charge < -0.3 is 14.8 Å². The quantitative estimate of drug-likeness (QED) is 0.375. The molecule has 0 fully saturated rings. The van der Waals surface area contributed by atoms with Crippen LogP contribution in [0.1, 0.15) is 15.9 Å². The van der Waals surface area contributed by atoms with Gasteiger partial charge in [0.25, 0.3) is 5.91 Å². The summed E-state index contributed by atoms with van der Waals surface area (Å²) in [6.45, 7) is 0.366. The van der Waals surface area contributed by atoms with Crippen LogP contribution in [0, 0.1) is 3.57 Å². The van der Waals surface area contributed by atoms with Crippen molar-refractivity contribution in [1.82, 2.24) is 0 Å². The average molecular weight is 528 g/mol. The lowest BCUT2D eigenvalue weighted by Crippen LogP contribution is -2.13. The highest BCUT2D eigenvalue weighted by atomic mass is 127. The largest absolute Gasteiger partial charge is 0.492 e. The van der Waals surface area contributed by atoms with Gasteiger partial charge in [0.15, 0.2) is 11.5 Å². The smallest absolute Gasteiger partial charge is 0.255 e. The van der Waals surface area contributed by atoms with Gasteiger partial charge in [-0.15, -0.1) is 0 Å². The molecule has 28 heavy (non-hydrogen) atoms. The van der Waals surface area contributed by atoms with E-state index in [1.54, 1.807) is 37.4 Å². The van der Waals surface area contributed by atoms with Crippen molar-refractivity contribution in [1.29, 1.82) is 0 Å². The van der Waals surface area contributed by atoms with E-state index in [1.807, 2.05) is 30.3 Å². The Kier molecular flexibility index (Phi) is 7.04. The van der Waals surface area contributed by atoms with Crippen molar-refractivity contribution >= 4 is 57.4 Å². The van der Waals surface area contributed by atoms with Gasteiger partial charge in [-0.1, -0.05) is 53.5 Å². The normalized spacial score (nSPS) is 10.4. The number of benzene rings is 3. The molecule has 7 heteroatoms. The van der Waals surface area contributed by atoms with Crippen molar-refractivity contribution < 1.29 is 14.3 Å². The molecule has 0 bridgehead atoms. The number of nitrogens with one attached hydrogen (secondary N) is 1. The minimum absolute atomic E-state index is 0.288. The summed E-state index contributed by atoms with van der Waals surface area (Å²) in [5.41, 5.74) is 2.02. The Hall–Kier alpha value is -1.96. The monoisotopic (exact) mass is 527 g/mol. The summed E-state index contributed by atoms with van der Waals surface area (Å²) in [5, 5.41) is 3.61. The topological polar surface area (TPSA) is 47.6 Å². The van der Waals surface area contributed by atoms with E-state index in [1.165, 1.54) is 0 Å². The summed E-state index contributed by atoms with van der Waals surface area (Å²) in [6.07, 6.45) is 0. The van der Waals surface area contributed by atoms with Crippen molar-refractivity contribution in [2.45, 2.75) is 6.61 Å². The summed E-state index contributed by atoms with van der Waals surface area (Å²) in [5.74, 6) is 0.795. The van der Waals surface area contributed by atoms with Gasteiger partial charge in [-0.25, -0.2) is 0 Å². The van der Waals surface area contributed by atoms with E-state index < -0.39 is 0 Å². The highest BCUT2D eigenvalue weighted by Gasteiger charge is 2.16. The van der Waals surface area contributed by atoms with Gasteiger partial charge in [0.05, 0.1) is 20.7 Å². The van der Waals surface area contributed by atoms with Crippen LogP contribution in [0.25, 0.3) is 0 Å². The Morgan fingerprint density at radius 1 is 1.04 bits per heavy atom. The van der Waals surface area contributed by atoms with Crippen molar-refractivity contribution in [2.24, 2.45) is 0 Å². The number of ether oxygens (including phenoxy) is 2. The van der Waals surface area contributed by atoms with Crippen molar-refractivity contribution in [2.75, 3.05) is 12.4 Å². The van der Waals surface area contributed by atoms with Crippen LogP contribution in [0.5, 0.6) is 11.5 Å². The van der Waals surface area contributed by atoms with Crippen LogP contribution < -0.4 is 14.8 Å². The first-order valence-electron chi connectivity index (χ1n) is 8.28. The van der Waals surface area contributed by atoms with E-state index in [2.05, 4.69) is 27.9 Å². The van der Waals surface area contributed by atoms with Gasteiger partial charge in [0, 0.05) is 11.3 Å². The van der Waals surface area contributed by atoms with E-state index in [-0.39, 0.29) is 5.91 Å². The third-order valence-corrected chi connectivity index (χ3v) is 5.43. The zero-order chi connectivity index (χ0) is 20.1. The molecule has 0 aliphatic carbocycles. The molecular formula is C21H16Cl2INO3. The number of hydrogen-bond acceptors (Lipinski definition) is 3. The second-order valence-electron chi connectivity index (χ2n) is 5.85. The minimum Gasteiger partial charge on any atom is -0.492 e. The molecule has 0 aromatic heterocycles. The predicted octanol–water partition coefficient (Wildman–Crippen LogP) is 6.44. The molecule has 0 saturated carbocycles. The molecule has 0 unspecified atom stereocenters. The summed E-state index contributed by atoms with van der Waals surface area (Å²) >= 11 is 14.0. The standard InChI is InChI=1S/C21H16Cl2INO3/c1-27-20-18(24)9-14(10-19(20)28-12-13-5-3-2-4-6-13)21(26)25-15-7-8-16(22)17(23)11-15/h2-11H,12H2,1H3,(H,25,26). The van der Waals surface area contributed by atoms with Crippen LogP contribution in [0.3, 0.4) is 0 Å². The number of amides is 1. The fourth-order valence-corrected chi connectivity index (χ4v) is 3.64. The Balaban J connectivity index is 1.83. The van der Waals surface area contributed by atoms with Crippen LogP contribution in [0.4, 0.5) is 5.69 Å². The highest BCUT2D eigenvalue weighted by molar-refractivity contribution is 14.1. The average Bonchev–Trinajstić information content (AvgIpc) is 2.69. The molecule has 0 heterocycles. The lowest BCUT2D eigenvalue weighted by atomic mass is 10.1. The zero-order valence-electron chi connectivity index (χ0n) is 14.8. The van der Waals surface area contributed by atoms with Gasteiger partial charge in [-0.2, -0.15) is 0 Å². The van der Waals surface area contributed by atoms with Crippen LogP contribution >= 0.6 is 45.8 Å². The maximum Gasteiger partial charge on any atom is 0.255 e. The fourth-order valence-electron chi connectivity index (χ4n) is 2.52. The van der Waals surface area contributed by atoms with Crippen LogP contribution in [0.15, 0.2) is 60.7 Å². The molecule has 4 nitrogen and oxygen atoms in total. The molecular weight excluding hydrogens is 512 g/mol. The molecule has 3 aromatic rings. The molecule has 3 rings (SSSR count). The molecule has 144 valence electrons. The van der Waals surface area contributed by atoms with E-state index >= 15 is 0 Å². The Labute approximate surface area is 186 Å². The molecule has 3 aromatic carbocycles. The van der Waals surface area contributed by atoms with Crippen LogP contribution in [0.2, 0.25) is 10.0 Å². The summed E-state index contributed by atoms with van der Waals surface area (Å²) in [6, 6.07) is 18.1. The summed E-state index contributed by atoms with van der Waals surface area (Å²) in [7, 11) is 1.57. The van der Waals surface area contributed by atoms with E-state index in [0.29, 0.717) is 39.4 Å². The number of rotatable bonds is 6. The molecule has 0 aliphatic heterocycles. The van der Waals surface area contributed by atoms with Crippen LogP contribution in [-0.2, 0) is 6.61 Å². The first-order valence-corrected chi connectivity index (χ1v) is 10.1. The van der Waals surface area contributed by atoms with Gasteiger partial charge in [-0.05, 0) is 58.5 Å². The minimum atomic E-state index is -0.288. The highest BCUT2D eigenvalue weighted by Crippen LogP contribution is 2.35. The lowest BCUT2D eigenvalue weighted by Gasteiger charge is -2.14. The number of anilines is 1. The zero-order valence-corrected chi connectivity index (χ0v) is 18.5. The van der Waals surface area contributed by atoms with Crippen LogP contribution in [-0.4, -0.2) is 13.0 Å². The molecule has 0 atom stereocenters. The van der Waals surface area contributed by atoms with Crippen molar-refractivity contribution in [3.8, 4) is 11.5 Å². The molecule has 0 spiro atoms. The first-order chi connectivity index (χ1) is 13.5. The molecule has 1 amide bonds. The number of carbonyl (C=O) groups excluding carboxylic acids is 1. The SMILES string of the molecule is COc1c(I)cc(C(=O)Nc2ccc(Cl)c(Cl)c2)cc1OCc1ccccc1. The van der Waals surface area contributed by atoms with Gasteiger partial charge >= 0.3 is 0 Å². The number of halogens is 3. The molecule has 0 radical (unpaired) electrons. The van der Waals surface area contributed by atoms with Gasteiger partial charge in [-0.3, -0.25) is 4.79 Å². The second kappa shape index (κ2) is 9.49. The lowest BCUT2D eigenvalue weighted by molar-refractivity contribution is 0.102. The third-order valence-electron chi connectivity index (χ3n) is 3.89. The maximum absolute atomic E-state index is 12.7. The van der Waals surface area contributed by atoms with Gasteiger partial charge in [0.1, 0.15) is 6.61 Å². The predicted molar refractivity (Wildman–Crippen MR) is 121 cm³/mol. The van der Waals surface area contributed by atoms with Gasteiger partial charge in [0.2, 0.25) is 0 Å². The fraction of sp³-hybridized carbons (Fsp3) is 0.0952. The number of carbonyl (C=O) groups is 1. The van der Waals surface area contributed by atoms with E-state index in [4.69, 9.17) is 32.7 Å². The molecule has 0 saturated heterocycles. The molecule has 0 aliphatic rings. The summed E-state index contributed by atoms with van der Waals surface area (Å²) < 4.78 is 12.1. The Morgan fingerprint density at radius 3 is 2.46 bits per heavy atom. The Morgan fingerprint density at radius 2 is 1.79 bits per heavy atom.